The maximum absolute atomic E-state index is 12.5. The van der Waals surface area contributed by atoms with Gasteiger partial charge in [0.05, 0.1) is 25.3 Å². The summed E-state index contributed by atoms with van der Waals surface area (Å²) in [6.07, 6.45) is 8.19. The summed E-state index contributed by atoms with van der Waals surface area (Å²) in [6.45, 7) is 5.66. The van der Waals surface area contributed by atoms with E-state index in [0.29, 0.717) is 12.2 Å². The smallest absolute Gasteiger partial charge is 0.203 e. The molecule has 0 aliphatic carbocycles. The highest BCUT2D eigenvalue weighted by molar-refractivity contribution is 5.54. The molecular formula is C23H31N7O. The van der Waals surface area contributed by atoms with E-state index < -0.39 is 0 Å². The fraction of sp³-hybridized carbons (Fsp3) is 0.391. The number of aryl methyl sites for hydroxylation is 1. The van der Waals surface area contributed by atoms with Gasteiger partial charge in [0, 0.05) is 45.9 Å². The molecule has 8 heteroatoms. The molecule has 0 saturated carbocycles. The van der Waals surface area contributed by atoms with Gasteiger partial charge in [0.1, 0.15) is 11.4 Å². The van der Waals surface area contributed by atoms with Crippen molar-refractivity contribution in [3.05, 3.63) is 76.0 Å². The molecule has 3 rings (SSSR count). The van der Waals surface area contributed by atoms with Gasteiger partial charge in [-0.3, -0.25) is 19.5 Å². The second-order valence-electron chi connectivity index (χ2n) is 7.82. The first kappa shape index (κ1) is 22.4. The summed E-state index contributed by atoms with van der Waals surface area (Å²) >= 11 is 0. The zero-order chi connectivity index (χ0) is 22.4. The molecule has 1 atom stereocenters. The first-order valence-electron chi connectivity index (χ1n) is 10.5. The van der Waals surface area contributed by atoms with Gasteiger partial charge >= 0.3 is 0 Å². The van der Waals surface area contributed by atoms with Crippen molar-refractivity contribution in [2.45, 2.75) is 32.7 Å². The zero-order valence-corrected chi connectivity index (χ0v) is 18.9. The molecule has 0 amide bonds. The number of rotatable bonds is 9. The summed E-state index contributed by atoms with van der Waals surface area (Å²) in [7, 11) is 5.87. The highest BCUT2D eigenvalue weighted by atomic mass is 16.1. The first-order valence-corrected chi connectivity index (χ1v) is 10.5. The van der Waals surface area contributed by atoms with Crippen LogP contribution in [0.1, 0.15) is 43.0 Å². The van der Waals surface area contributed by atoms with Crippen LogP contribution in [0, 0.1) is 0 Å². The Labute approximate surface area is 183 Å². The average Bonchev–Trinajstić information content (AvgIpc) is 3.19. The van der Waals surface area contributed by atoms with Crippen LogP contribution in [0.5, 0.6) is 0 Å². The van der Waals surface area contributed by atoms with Crippen LogP contribution < -0.4 is 5.43 Å². The average molecular weight is 422 g/mol. The number of nitrogens with zero attached hydrogens (tertiary/aromatic N) is 7. The predicted molar refractivity (Wildman–Crippen MR) is 123 cm³/mol. The van der Waals surface area contributed by atoms with Crippen LogP contribution >= 0.6 is 0 Å². The van der Waals surface area contributed by atoms with Crippen LogP contribution in [0.25, 0.3) is 5.69 Å². The molecule has 0 aliphatic heterocycles. The van der Waals surface area contributed by atoms with E-state index in [0.717, 1.165) is 29.8 Å². The lowest BCUT2D eigenvalue weighted by atomic mass is 9.95. The molecule has 0 saturated heterocycles. The lowest BCUT2D eigenvalue weighted by Crippen LogP contribution is -2.36. The second-order valence-corrected chi connectivity index (χ2v) is 7.82. The van der Waals surface area contributed by atoms with E-state index in [1.54, 1.807) is 27.8 Å². The van der Waals surface area contributed by atoms with E-state index in [-0.39, 0.29) is 11.3 Å². The third-order valence-electron chi connectivity index (χ3n) is 5.11. The number of aromatic nitrogens is 4. The van der Waals surface area contributed by atoms with Crippen LogP contribution in [0.4, 0.5) is 0 Å². The second kappa shape index (κ2) is 10.2. The summed E-state index contributed by atoms with van der Waals surface area (Å²) in [4.78, 5) is 17.1. The minimum Gasteiger partial charge on any atom is -0.297 e. The van der Waals surface area contributed by atoms with Crippen molar-refractivity contribution >= 4 is 6.34 Å². The molecule has 31 heavy (non-hydrogen) atoms. The lowest BCUT2D eigenvalue weighted by Gasteiger charge is -2.25. The minimum atomic E-state index is -0.140. The van der Waals surface area contributed by atoms with Crippen LogP contribution in [0.3, 0.4) is 0 Å². The maximum Gasteiger partial charge on any atom is 0.203 e. The van der Waals surface area contributed by atoms with Gasteiger partial charge in [-0.05, 0) is 17.5 Å². The molecular weight excluding hydrogens is 390 g/mol. The van der Waals surface area contributed by atoms with Crippen molar-refractivity contribution in [2.75, 3.05) is 20.6 Å². The Bertz CT molecular complexity index is 1080. The van der Waals surface area contributed by atoms with E-state index in [1.807, 2.05) is 57.7 Å². The quantitative estimate of drug-likeness (QED) is 0.302. The van der Waals surface area contributed by atoms with Gasteiger partial charge in [0.25, 0.3) is 0 Å². The summed E-state index contributed by atoms with van der Waals surface area (Å²) in [5, 5.41) is 12.9. The molecule has 0 spiro atoms. The molecule has 0 fully saturated rings. The molecule has 3 aromatic rings. The zero-order valence-electron chi connectivity index (χ0n) is 18.9. The summed E-state index contributed by atoms with van der Waals surface area (Å²) < 4.78 is 3.40. The number of hydrazine groups is 1. The van der Waals surface area contributed by atoms with Crippen molar-refractivity contribution in [1.29, 1.82) is 0 Å². The Morgan fingerprint density at radius 3 is 2.74 bits per heavy atom. The Kier molecular flexibility index (Phi) is 7.36. The van der Waals surface area contributed by atoms with Crippen LogP contribution in [0.2, 0.25) is 0 Å². The maximum atomic E-state index is 12.5. The van der Waals surface area contributed by atoms with E-state index in [1.165, 1.54) is 0 Å². The third kappa shape index (κ3) is 5.67. The molecule has 1 aromatic carbocycles. The van der Waals surface area contributed by atoms with Gasteiger partial charge < -0.3 is 0 Å². The van der Waals surface area contributed by atoms with Gasteiger partial charge in [-0.25, -0.2) is 9.69 Å². The number of hydrogen-bond donors (Lipinski definition) is 0. The van der Waals surface area contributed by atoms with Gasteiger partial charge in [0.15, 0.2) is 0 Å². The van der Waals surface area contributed by atoms with Crippen molar-refractivity contribution in [3.8, 4) is 5.69 Å². The molecule has 2 heterocycles. The molecule has 2 aromatic heterocycles. The van der Waals surface area contributed by atoms with E-state index in [4.69, 9.17) is 0 Å². The number of aliphatic imine (C=N–C) groups is 1. The normalized spacial score (nSPS) is 12.6. The molecule has 8 nitrogen and oxygen atoms in total. The lowest BCUT2D eigenvalue weighted by molar-refractivity contribution is 0.117. The Morgan fingerprint density at radius 2 is 2.06 bits per heavy atom. The Hall–Kier alpha value is -3.26. The Balaban J connectivity index is 1.80. The summed E-state index contributed by atoms with van der Waals surface area (Å²) in [5.41, 5.74) is 3.39. The van der Waals surface area contributed by atoms with Gasteiger partial charge in [0.2, 0.25) is 5.43 Å². The Morgan fingerprint density at radius 1 is 1.26 bits per heavy atom. The van der Waals surface area contributed by atoms with E-state index in [2.05, 4.69) is 39.3 Å². The van der Waals surface area contributed by atoms with Crippen LogP contribution in [-0.4, -0.2) is 56.6 Å². The molecule has 164 valence electrons. The summed E-state index contributed by atoms with van der Waals surface area (Å²) in [6, 6.07) is 9.76. The fourth-order valence-electron chi connectivity index (χ4n) is 3.34. The molecule has 0 aliphatic rings. The topological polar surface area (TPSA) is 71.5 Å². The first-order chi connectivity index (χ1) is 14.9. The number of benzene rings is 1. The van der Waals surface area contributed by atoms with Crippen molar-refractivity contribution in [3.63, 3.8) is 0 Å². The third-order valence-corrected chi connectivity index (χ3v) is 5.11. The molecule has 0 radical (unpaired) electrons. The SMILES string of the molecule is CCCN(C=NCc1cccc(C(C)c2nn(-c3cnn(C)c3)ccc2=O)c1)N(C)C. The van der Waals surface area contributed by atoms with Crippen molar-refractivity contribution in [1.82, 2.24) is 29.6 Å². The van der Waals surface area contributed by atoms with Crippen molar-refractivity contribution in [2.24, 2.45) is 12.0 Å². The summed E-state index contributed by atoms with van der Waals surface area (Å²) in [5.74, 6) is -0.140. The standard InChI is InChI=1S/C23H31N7O/c1-6-11-29(27(3)4)17-24-14-19-8-7-9-20(13-19)18(2)23-22(31)10-12-30(26-23)21-15-25-28(5)16-21/h7-10,12-13,15-18H,6,11,14H2,1-5H3. The highest BCUT2D eigenvalue weighted by Gasteiger charge is 2.15. The van der Waals surface area contributed by atoms with Gasteiger partial charge in [-0.2, -0.15) is 10.2 Å². The van der Waals surface area contributed by atoms with E-state index >= 15 is 0 Å². The highest BCUT2D eigenvalue weighted by Crippen LogP contribution is 2.22. The largest absolute Gasteiger partial charge is 0.297 e. The number of hydrogen-bond acceptors (Lipinski definition) is 5. The van der Waals surface area contributed by atoms with Crippen LogP contribution in [-0.2, 0) is 13.6 Å². The molecule has 1 unspecified atom stereocenters. The molecule has 0 N–H and O–H groups in total. The minimum absolute atomic E-state index is 0.0720. The predicted octanol–water partition coefficient (Wildman–Crippen LogP) is 2.83. The van der Waals surface area contributed by atoms with Gasteiger partial charge in [-0.1, -0.05) is 38.1 Å². The van der Waals surface area contributed by atoms with Crippen molar-refractivity contribution < 1.29 is 0 Å². The fourth-order valence-corrected chi connectivity index (χ4v) is 3.34. The molecule has 0 bridgehead atoms. The van der Waals surface area contributed by atoms with Crippen LogP contribution in [0.15, 0.2) is 58.7 Å². The van der Waals surface area contributed by atoms with Gasteiger partial charge in [-0.15, -0.1) is 0 Å². The van der Waals surface area contributed by atoms with E-state index in [9.17, 15) is 4.79 Å². The monoisotopic (exact) mass is 421 g/mol.